The van der Waals surface area contributed by atoms with Crippen LogP contribution in [0.2, 0.25) is 5.02 Å². The first kappa shape index (κ1) is 13.1. The molecular formula is C9H13ClN2O3S. The van der Waals surface area contributed by atoms with Crippen LogP contribution >= 0.6 is 11.6 Å². The SMILES string of the molecule is CCCOc1ccc(Cl)cc1NS(N)(=O)=O. The summed E-state index contributed by atoms with van der Waals surface area (Å²) in [5.41, 5.74) is 0.239. The first-order chi connectivity index (χ1) is 7.42. The van der Waals surface area contributed by atoms with Crippen LogP contribution in [0.4, 0.5) is 5.69 Å². The number of rotatable bonds is 5. The Morgan fingerprint density at radius 2 is 2.19 bits per heavy atom. The Labute approximate surface area is 99.7 Å². The summed E-state index contributed by atoms with van der Waals surface area (Å²) in [4.78, 5) is 0. The van der Waals surface area contributed by atoms with Gasteiger partial charge in [-0.1, -0.05) is 18.5 Å². The molecular weight excluding hydrogens is 252 g/mol. The van der Waals surface area contributed by atoms with E-state index >= 15 is 0 Å². The van der Waals surface area contributed by atoms with Crippen molar-refractivity contribution in [3.05, 3.63) is 23.2 Å². The fourth-order valence-electron chi connectivity index (χ4n) is 1.07. The molecule has 1 rings (SSSR count). The van der Waals surface area contributed by atoms with Gasteiger partial charge in [0.25, 0.3) is 10.2 Å². The van der Waals surface area contributed by atoms with Gasteiger partial charge in [-0.25, -0.2) is 5.14 Å². The highest BCUT2D eigenvalue weighted by molar-refractivity contribution is 7.90. The Bertz CT molecular complexity index is 462. The molecule has 0 radical (unpaired) electrons. The minimum atomic E-state index is -3.83. The van der Waals surface area contributed by atoms with Gasteiger partial charge in [0.15, 0.2) is 0 Å². The molecule has 1 aromatic carbocycles. The largest absolute Gasteiger partial charge is 0.491 e. The molecule has 0 aliphatic heterocycles. The van der Waals surface area contributed by atoms with Crippen LogP contribution in [0, 0.1) is 0 Å². The molecule has 90 valence electrons. The zero-order valence-corrected chi connectivity index (χ0v) is 10.3. The van der Waals surface area contributed by atoms with Gasteiger partial charge in [0.2, 0.25) is 0 Å². The third kappa shape index (κ3) is 4.26. The summed E-state index contributed by atoms with van der Waals surface area (Å²) in [6, 6.07) is 4.64. The highest BCUT2D eigenvalue weighted by Gasteiger charge is 2.09. The monoisotopic (exact) mass is 264 g/mol. The summed E-state index contributed by atoms with van der Waals surface area (Å²) in [5, 5.41) is 5.28. The summed E-state index contributed by atoms with van der Waals surface area (Å²) < 4.78 is 29.3. The Hall–Kier alpha value is -0.980. The lowest BCUT2D eigenvalue weighted by atomic mass is 10.3. The molecule has 0 unspecified atom stereocenters. The van der Waals surface area contributed by atoms with Crippen molar-refractivity contribution in [3.8, 4) is 5.75 Å². The highest BCUT2D eigenvalue weighted by atomic mass is 35.5. The molecule has 7 heteroatoms. The number of hydrogen-bond donors (Lipinski definition) is 2. The van der Waals surface area contributed by atoms with Crippen LogP contribution in [0.5, 0.6) is 5.75 Å². The van der Waals surface area contributed by atoms with Gasteiger partial charge in [-0.3, -0.25) is 4.72 Å². The molecule has 0 amide bonds. The van der Waals surface area contributed by atoms with E-state index in [9.17, 15) is 8.42 Å². The van der Waals surface area contributed by atoms with Gasteiger partial charge in [0.05, 0.1) is 12.3 Å². The molecule has 0 aromatic heterocycles. The molecule has 0 fully saturated rings. The molecule has 0 aliphatic carbocycles. The van der Waals surface area contributed by atoms with Crippen molar-refractivity contribution in [1.29, 1.82) is 0 Å². The van der Waals surface area contributed by atoms with E-state index in [-0.39, 0.29) is 5.69 Å². The van der Waals surface area contributed by atoms with Crippen molar-refractivity contribution in [1.82, 2.24) is 0 Å². The number of benzene rings is 1. The number of nitrogens with two attached hydrogens (primary N) is 1. The number of ether oxygens (including phenoxy) is 1. The quantitative estimate of drug-likeness (QED) is 0.850. The second-order valence-corrected chi connectivity index (χ2v) is 4.87. The zero-order valence-electron chi connectivity index (χ0n) is 8.73. The molecule has 0 saturated carbocycles. The van der Waals surface area contributed by atoms with Crippen LogP contribution < -0.4 is 14.6 Å². The van der Waals surface area contributed by atoms with E-state index in [1.165, 1.54) is 6.07 Å². The van der Waals surface area contributed by atoms with Crippen LogP contribution in [0.1, 0.15) is 13.3 Å². The Balaban J connectivity index is 2.98. The maximum atomic E-state index is 10.9. The lowest BCUT2D eigenvalue weighted by Crippen LogP contribution is -2.22. The number of nitrogens with one attached hydrogen (secondary N) is 1. The fourth-order valence-corrected chi connectivity index (χ4v) is 1.71. The zero-order chi connectivity index (χ0) is 12.2. The minimum absolute atomic E-state index is 0.239. The third-order valence-electron chi connectivity index (χ3n) is 1.66. The molecule has 0 bridgehead atoms. The normalized spacial score (nSPS) is 11.2. The van der Waals surface area contributed by atoms with Crippen LogP contribution in [-0.2, 0) is 10.2 Å². The van der Waals surface area contributed by atoms with Gasteiger partial charge in [-0.15, -0.1) is 0 Å². The number of anilines is 1. The van der Waals surface area contributed by atoms with E-state index in [0.29, 0.717) is 17.4 Å². The van der Waals surface area contributed by atoms with E-state index < -0.39 is 10.2 Å². The van der Waals surface area contributed by atoms with E-state index in [1.807, 2.05) is 6.92 Å². The average molecular weight is 265 g/mol. The average Bonchev–Trinajstić information content (AvgIpc) is 2.14. The maximum Gasteiger partial charge on any atom is 0.296 e. The molecule has 16 heavy (non-hydrogen) atoms. The number of halogens is 1. The van der Waals surface area contributed by atoms with Gasteiger partial charge < -0.3 is 4.74 Å². The minimum Gasteiger partial charge on any atom is -0.491 e. The first-order valence-corrected chi connectivity index (χ1v) is 6.57. The van der Waals surface area contributed by atoms with E-state index in [1.54, 1.807) is 12.1 Å². The number of hydrogen-bond acceptors (Lipinski definition) is 3. The lowest BCUT2D eigenvalue weighted by molar-refractivity contribution is 0.319. The standard InChI is InChI=1S/C9H13ClN2O3S/c1-2-5-15-9-4-3-7(10)6-8(9)12-16(11,13)14/h3-4,6,12H,2,5H2,1H3,(H2,11,13,14). The molecule has 0 aliphatic rings. The smallest absolute Gasteiger partial charge is 0.296 e. The highest BCUT2D eigenvalue weighted by Crippen LogP contribution is 2.28. The van der Waals surface area contributed by atoms with Gasteiger partial charge in [-0.2, -0.15) is 8.42 Å². The molecule has 5 nitrogen and oxygen atoms in total. The van der Waals surface area contributed by atoms with Gasteiger partial charge >= 0.3 is 0 Å². The molecule has 0 heterocycles. The topological polar surface area (TPSA) is 81.4 Å². The van der Waals surface area contributed by atoms with Crippen LogP contribution in [0.3, 0.4) is 0 Å². The second-order valence-electron chi connectivity index (χ2n) is 3.14. The van der Waals surface area contributed by atoms with Crippen LogP contribution in [0.25, 0.3) is 0 Å². The predicted molar refractivity (Wildman–Crippen MR) is 64.0 cm³/mol. The first-order valence-electron chi connectivity index (χ1n) is 4.65. The third-order valence-corrected chi connectivity index (χ3v) is 2.40. The summed E-state index contributed by atoms with van der Waals surface area (Å²) in [6.07, 6.45) is 0.817. The molecule has 0 atom stereocenters. The predicted octanol–water partition coefficient (Wildman–Crippen LogP) is 1.74. The van der Waals surface area contributed by atoms with Crippen LogP contribution in [-0.4, -0.2) is 15.0 Å². The van der Waals surface area contributed by atoms with Crippen molar-refractivity contribution in [3.63, 3.8) is 0 Å². The summed E-state index contributed by atoms with van der Waals surface area (Å²) in [5.74, 6) is 0.403. The fraction of sp³-hybridized carbons (Fsp3) is 0.333. The Kier molecular flexibility index (Phi) is 4.40. The van der Waals surface area contributed by atoms with Gasteiger partial charge in [-0.05, 0) is 24.6 Å². The molecule has 1 aromatic rings. The van der Waals surface area contributed by atoms with E-state index in [0.717, 1.165) is 6.42 Å². The summed E-state index contributed by atoms with van der Waals surface area (Å²) in [7, 11) is -3.83. The summed E-state index contributed by atoms with van der Waals surface area (Å²) in [6.45, 7) is 2.43. The molecule has 3 N–H and O–H groups in total. The maximum absolute atomic E-state index is 10.9. The van der Waals surface area contributed by atoms with Gasteiger partial charge in [0, 0.05) is 5.02 Å². The lowest BCUT2D eigenvalue weighted by Gasteiger charge is -2.11. The van der Waals surface area contributed by atoms with Crippen molar-refractivity contribution in [2.75, 3.05) is 11.3 Å². The van der Waals surface area contributed by atoms with Gasteiger partial charge in [0.1, 0.15) is 5.75 Å². The van der Waals surface area contributed by atoms with Crippen molar-refractivity contribution >= 4 is 27.5 Å². The van der Waals surface area contributed by atoms with Crippen molar-refractivity contribution in [2.45, 2.75) is 13.3 Å². The Morgan fingerprint density at radius 3 is 2.75 bits per heavy atom. The van der Waals surface area contributed by atoms with E-state index in [2.05, 4.69) is 4.72 Å². The van der Waals surface area contributed by atoms with Crippen LogP contribution in [0.15, 0.2) is 18.2 Å². The Morgan fingerprint density at radius 1 is 1.50 bits per heavy atom. The van der Waals surface area contributed by atoms with E-state index in [4.69, 9.17) is 21.5 Å². The summed E-state index contributed by atoms with van der Waals surface area (Å²) >= 11 is 5.75. The second kappa shape index (κ2) is 5.38. The van der Waals surface area contributed by atoms with Crippen molar-refractivity contribution in [2.24, 2.45) is 5.14 Å². The molecule has 0 saturated heterocycles. The molecule has 0 spiro atoms. The van der Waals surface area contributed by atoms with Crippen molar-refractivity contribution < 1.29 is 13.2 Å².